The summed E-state index contributed by atoms with van der Waals surface area (Å²) >= 11 is 0. The number of ether oxygens (including phenoxy) is 1. The van der Waals surface area contributed by atoms with Crippen LogP contribution in [-0.2, 0) is 0 Å². The molecule has 3 rings (SSSR count). The molecule has 1 aliphatic carbocycles. The molecule has 1 aliphatic rings. The third-order valence-electron chi connectivity index (χ3n) is 3.67. The summed E-state index contributed by atoms with van der Waals surface area (Å²) in [5, 5.41) is 3.08. The van der Waals surface area contributed by atoms with Crippen LogP contribution in [0.2, 0.25) is 0 Å². The van der Waals surface area contributed by atoms with E-state index >= 15 is 0 Å². The number of nitrogens with zero attached hydrogens (tertiary/aromatic N) is 2. The summed E-state index contributed by atoms with van der Waals surface area (Å²) in [5.41, 5.74) is 1.19. The summed E-state index contributed by atoms with van der Waals surface area (Å²) in [6, 6.07) is 9.97. The second kappa shape index (κ2) is 5.72. The lowest BCUT2D eigenvalue weighted by Gasteiger charge is -2.14. The zero-order chi connectivity index (χ0) is 14.8. The Kier molecular flexibility index (Phi) is 3.78. The highest BCUT2D eigenvalue weighted by Gasteiger charge is 2.27. The molecular weight excluding hydrogens is 262 g/mol. The smallest absolute Gasteiger partial charge is 0.224 e. The van der Waals surface area contributed by atoms with E-state index in [-0.39, 0.29) is 0 Å². The molecule has 21 heavy (non-hydrogen) atoms. The minimum Gasteiger partial charge on any atom is -0.439 e. The van der Waals surface area contributed by atoms with Gasteiger partial charge >= 0.3 is 0 Å². The van der Waals surface area contributed by atoms with Gasteiger partial charge in [-0.2, -0.15) is 4.98 Å². The van der Waals surface area contributed by atoms with Crippen LogP contribution in [-0.4, -0.2) is 17.0 Å². The third kappa shape index (κ3) is 3.15. The number of hydrogen-bond donors (Lipinski definition) is 1. The van der Waals surface area contributed by atoms with E-state index in [4.69, 9.17) is 4.74 Å². The molecule has 1 heterocycles. The summed E-state index contributed by atoms with van der Waals surface area (Å²) in [4.78, 5) is 9.08. The van der Waals surface area contributed by atoms with E-state index in [9.17, 15) is 0 Å². The van der Waals surface area contributed by atoms with E-state index in [1.807, 2.05) is 31.3 Å². The number of para-hydroxylation sites is 1. The van der Waals surface area contributed by atoms with E-state index in [1.54, 1.807) is 0 Å². The van der Waals surface area contributed by atoms with Crippen molar-refractivity contribution < 1.29 is 4.74 Å². The zero-order valence-corrected chi connectivity index (χ0v) is 12.8. The molecule has 1 aromatic heterocycles. The molecule has 0 atom stereocenters. The van der Waals surface area contributed by atoms with Crippen LogP contribution >= 0.6 is 0 Å². The zero-order valence-electron chi connectivity index (χ0n) is 12.8. The number of aromatic nitrogens is 2. The lowest BCUT2D eigenvalue weighted by atomic mass is 10.0. The Labute approximate surface area is 125 Å². The van der Waals surface area contributed by atoms with Crippen molar-refractivity contribution in [1.82, 2.24) is 9.97 Å². The molecule has 1 aromatic carbocycles. The minimum atomic E-state index is 0.412. The molecule has 0 radical (unpaired) electrons. The van der Waals surface area contributed by atoms with Gasteiger partial charge in [-0.15, -0.1) is 0 Å². The Morgan fingerprint density at radius 3 is 2.62 bits per heavy atom. The van der Waals surface area contributed by atoms with Crippen LogP contribution in [0, 0.1) is 0 Å². The first-order valence-corrected chi connectivity index (χ1v) is 7.51. The average molecular weight is 283 g/mol. The maximum absolute atomic E-state index is 6.04. The van der Waals surface area contributed by atoms with Gasteiger partial charge in [0.1, 0.15) is 17.4 Å². The normalized spacial score (nSPS) is 14.3. The Bertz CT molecular complexity index is 636. The Morgan fingerprint density at radius 2 is 1.95 bits per heavy atom. The van der Waals surface area contributed by atoms with Gasteiger partial charge in [0.05, 0.1) is 0 Å². The fraction of sp³-hybridized carbons (Fsp3) is 0.412. The lowest BCUT2D eigenvalue weighted by Crippen LogP contribution is -2.02. The van der Waals surface area contributed by atoms with Crippen molar-refractivity contribution in [3.05, 3.63) is 41.7 Å². The second-order valence-corrected chi connectivity index (χ2v) is 5.77. The predicted octanol–water partition coefficient (Wildman–Crippen LogP) is 4.31. The monoisotopic (exact) mass is 283 g/mol. The fourth-order valence-electron chi connectivity index (χ4n) is 2.31. The number of nitrogens with one attached hydrogen (secondary N) is 1. The van der Waals surface area contributed by atoms with Crippen molar-refractivity contribution in [2.24, 2.45) is 0 Å². The standard InChI is InChI=1S/C17H21N3O/c1-11(2)13-6-4-5-7-14(13)21-16-10-15(18-3)19-17(20-16)12-8-9-12/h4-7,10-12H,8-9H2,1-3H3,(H,18,19,20). The van der Waals surface area contributed by atoms with Crippen LogP contribution in [0.4, 0.5) is 5.82 Å². The highest BCUT2D eigenvalue weighted by atomic mass is 16.5. The van der Waals surface area contributed by atoms with E-state index < -0.39 is 0 Å². The van der Waals surface area contributed by atoms with Crippen LogP contribution in [0.3, 0.4) is 0 Å². The SMILES string of the molecule is CNc1cc(Oc2ccccc2C(C)C)nc(C2CC2)n1. The van der Waals surface area contributed by atoms with Gasteiger partial charge in [-0.05, 0) is 30.4 Å². The quantitative estimate of drug-likeness (QED) is 0.888. The number of rotatable bonds is 5. The van der Waals surface area contributed by atoms with Crippen molar-refractivity contribution in [1.29, 1.82) is 0 Å². The minimum absolute atomic E-state index is 0.412. The van der Waals surface area contributed by atoms with Crippen LogP contribution in [0.25, 0.3) is 0 Å². The highest BCUT2D eigenvalue weighted by Crippen LogP contribution is 2.39. The number of anilines is 1. The summed E-state index contributed by atoms with van der Waals surface area (Å²) in [5.74, 6) is 4.10. The van der Waals surface area contributed by atoms with Crippen LogP contribution < -0.4 is 10.1 Å². The summed E-state index contributed by atoms with van der Waals surface area (Å²) in [6.45, 7) is 4.33. The lowest BCUT2D eigenvalue weighted by molar-refractivity contribution is 0.451. The molecule has 4 nitrogen and oxygen atoms in total. The van der Waals surface area contributed by atoms with Crippen LogP contribution in [0.15, 0.2) is 30.3 Å². The summed E-state index contributed by atoms with van der Waals surface area (Å²) in [7, 11) is 1.87. The van der Waals surface area contributed by atoms with Crippen LogP contribution in [0.5, 0.6) is 11.6 Å². The molecule has 0 saturated heterocycles. The molecule has 0 aliphatic heterocycles. The molecule has 1 N–H and O–H groups in total. The van der Waals surface area contributed by atoms with Gasteiger partial charge in [0.15, 0.2) is 0 Å². The summed E-state index contributed by atoms with van der Waals surface area (Å²) in [6.07, 6.45) is 2.35. The van der Waals surface area contributed by atoms with E-state index in [0.29, 0.717) is 17.7 Å². The van der Waals surface area contributed by atoms with Gasteiger partial charge in [0, 0.05) is 19.0 Å². The number of benzene rings is 1. The van der Waals surface area contributed by atoms with Gasteiger partial charge in [-0.25, -0.2) is 4.98 Å². The highest BCUT2D eigenvalue weighted by molar-refractivity contribution is 5.42. The molecule has 0 bridgehead atoms. The van der Waals surface area contributed by atoms with Crippen LogP contribution in [0.1, 0.15) is 49.9 Å². The first-order chi connectivity index (χ1) is 10.2. The topological polar surface area (TPSA) is 47.0 Å². The maximum Gasteiger partial charge on any atom is 0.224 e. The van der Waals surface area contributed by atoms with Gasteiger partial charge in [-0.3, -0.25) is 0 Å². The van der Waals surface area contributed by atoms with Crippen molar-refractivity contribution >= 4 is 5.82 Å². The predicted molar refractivity (Wildman–Crippen MR) is 84.2 cm³/mol. The maximum atomic E-state index is 6.04. The average Bonchev–Trinajstić information content (AvgIpc) is 3.32. The molecule has 0 unspecified atom stereocenters. The molecule has 2 aromatic rings. The molecule has 0 spiro atoms. The van der Waals surface area contributed by atoms with E-state index in [0.717, 1.165) is 17.4 Å². The van der Waals surface area contributed by atoms with Crippen molar-refractivity contribution in [3.63, 3.8) is 0 Å². The first-order valence-electron chi connectivity index (χ1n) is 7.51. The molecule has 0 amide bonds. The fourth-order valence-corrected chi connectivity index (χ4v) is 2.31. The summed E-state index contributed by atoms with van der Waals surface area (Å²) < 4.78 is 6.04. The Hall–Kier alpha value is -2.10. The molecule has 4 heteroatoms. The van der Waals surface area contributed by atoms with Gasteiger partial charge < -0.3 is 10.1 Å². The molecule has 1 saturated carbocycles. The first kappa shape index (κ1) is 13.9. The molecule has 110 valence electrons. The van der Waals surface area contributed by atoms with E-state index in [2.05, 4.69) is 35.2 Å². The van der Waals surface area contributed by atoms with Crippen molar-refractivity contribution in [2.75, 3.05) is 12.4 Å². The third-order valence-corrected chi connectivity index (χ3v) is 3.67. The largest absolute Gasteiger partial charge is 0.439 e. The molecule has 1 fully saturated rings. The Balaban J connectivity index is 1.92. The van der Waals surface area contributed by atoms with Crippen molar-refractivity contribution in [3.8, 4) is 11.6 Å². The van der Waals surface area contributed by atoms with Crippen molar-refractivity contribution in [2.45, 2.75) is 38.5 Å². The number of hydrogen-bond acceptors (Lipinski definition) is 4. The second-order valence-electron chi connectivity index (χ2n) is 5.77. The van der Waals surface area contributed by atoms with E-state index in [1.165, 1.54) is 18.4 Å². The van der Waals surface area contributed by atoms with Gasteiger partial charge in [0.2, 0.25) is 5.88 Å². The van der Waals surface area contributed by atoms with Gasteiger partial charge in [-0.1, -0.05) is 32.0 Å². The Morgan fingerprint density at radius 1 is 1.19 bits per heavy atom. The molecular formula is C17H21N3O. The van der Waals surface area contributed by atoms with Gasteiger partial charge in [0.25, 0.3) is 0 Å².